The maximum absolute atomic E-state index is 11.9. The fourth-order valence-corrected chi connectivity index (χ4v) is 5.17. The van der Waals surface area contributed by atoms with Crippen LogP contribution < -0.4 is 5.73 Å². The van der Waals surface area contributed by atoms with Crippen LogP contribution in [-0.2, 0) is 11.2 Å². The molecule has 5 nitrogen and oxygen atoms in total. The van der Waals surface area contributed by atoms with Crippen LogP contribution in [0.15, 0.2) is 54.6 Å². The first-order valence-corrected chi connectivity index (χ1v) is 10.4. The number of piperidine rings is 1. The molecule has 3 N–H and O–H groups in total. The van der Waals surface area contributed by atoms with Gasteiger partial charge in [0, 0.05) is 24.2 Å². The van der Waals surface area contributed by atoms with Crippen molar-refractivity contribution in [3.05, 3.63) is 71.3 Å². The van der Waals surface area contributed by atoms with E-state index >= 15 is 0 Å². The Kier molecular flexibility index (Phi) is 5.67. The Bertz CT molecular complexity index is 869. The van der Waals surface area contributed by atoms with Gasteiger partial charge in [0.25, 0.3) is 0 Å². The lowest BCUT2D eigenvalue weighted by Crippen LogP contribution is -2.46. The largest absolute Gasteiger partial charge is 0.481 e. The normalized spacial score (nSPS) is 24.9. The number of carboxylic acids is 1. The third-order valence-corrected chi connectivity index (χ3v) is 6.63. The van der Waals surface area contributed by atoms with Crippen molar-refractivity contribution in [3.8, 4) is 0 Å². The van der Waals surface area contributed by atoms with Crippen molar-refractivity contribution >= 4 is 11.9 Å². The smallest absolute Gasteiger partial charge is 0.308 e. The first kappa shape index (κ1) is 19.6. The van der Waals surface area contributed by atoms with Crippen LogP contribution in [0.1, 0.15) is 53.1 Å². The van der Waals surface area contributed by atoms with Crippen LogP contribution in [0.25, 0.3) is 0 Å². The van der Waals surface area contributed by atoms with Gasteiger partial charge in [-0.1, -0.05) is 42.5 Å². The summed E-state index contributed by atoms with van der Waals surface area (Å²) >= 11 is 0. The quantitative estimate of drug-likeness (QED) is 0.756. The minimum absolute atomic E-state index is 0.391. The zero-order valence-corrected chi connectivity index (χ0v) is 16.5. The average molecular weight is 392 g/mol. The molecule has 2 fully saturated rings. The van der Waals surface area contributed by atoms with Gasteiger partial charge in [-0.2, -0.15) is 0 Å². The lowest BCUT2D eigenvalue weighted by Gasteiger charge is -2.40. The van der Waals surface area contributed by atoms with Crippen molar-refractivity contribution in [2.45, 2.75) is 50.1 Å². The summed E-state index contributed by atoms with van der Waals surface area (Å²) in [5.74, 6) is -1.10. The third-order valence-electron chi connectivity index (χ3n) is 6.63. The second-order valence-electron chi connectivity index (χ2n) is 8.46. The van der Waals surface area contributed by atoms with E-state index in [1.807, 2.05) is 42.5 Å². The zero-order valence-electron chi connectivity index (χ0n) is 16.5. The highest BCUT2D eigenvalue weighted by Crippen LogP contribution is 2.43. The second-order valence-corrected chi connectivity index (χ2v) is 8.46. The molecule has 2 heterocycles. The van der Waals surface area contributed by atoms with Crippen molar-refractivity contribution < 1.29 is 14.7 Å². The number of carbonyl (C=O) groups is 2. The number of hydrogen-bond donors (Lipinski definition) is 2. The number of nitrogens with zero attached hydrogens (tertiary/aromatic N) is 1. The van der Waals surface area contributed by atoms with E-state index in [4.69, 9.17) is 5.73 Å². The standard InChI is InChI=1S/C24H28N2O3/c25-23(27)18-8-4-7-17(12-18)19-13-21-9-10-22(14-19)26(21)15-20(24(28)29)11-16-5-2-1-3-6-16/h1-8,12,19-22H,9-11,13-15H2,(H2,25,27)(H,28,29)/t19?,20?,21-,22+. The Balaban J connectivity index is 1.45. The van der Waals surface area contributed by atoms with E-state index in [0.29, 0.717) is 36.5 Å². The molecule has 2 aromatic rings. The van der Waals surface area contributed by atoms with Crippen LogP contribution in [-0.4, -0.2) is 40.5 Å². The van der Waals surface area contributed by atoms with Gasteiger partial charge < -0.3 is 10.8 Å². The minimum atomic E-state index is -0.718. The van der Waals surface area contributed by atoms with E-state index in [0.717, 1.165) is 31.2 Å². The van der Waals surface area contributed by atoms with Crippen LogP contribution in [0.2, 0.25) is 0 Å². The molecule has 0 aliphatic carbocycles. The highest BCUT2D eigenvalue weighted by molar-refractivity contribution is 5.92. The van der Waals surface area contributed by atoms with Crippen molar-refractivity contribution in [2.75, 3.05) is 6.54 Å². The molecule has 0 aromatic heterocycles. The minimum Gasteiger partial charge on any atom is -0.481 e. The van der Waals surface area contributed by atoms with E-state index in [1.54, 1.807) is 6.07 Å². The Labute approximate surface area is 171 Å². The van der Waals surface area contributed by atoms with Gasteiger partial charge in [0.1, 0.15) is 0 Å². The van der Waals surface area contributed by atoms with Crippen molar-refractivity contribution in [2.24, 2.45) is 11.7 Å². The number of fused-ring (bicyclic) bond motifs is 2. The number of carbonyl (C=O) groups excluding carboxylic acids is 1. The number of amides is 1. The molecule has 2 bridgehead atoms. The predicted octanol–water partition coefficient (Wildman–Crippen LogP) is 3.44. The fraction of sp³-hybridized carbons (Fsp3) is 0.417. The molecule has 2 aliphatic rings. The SMILES string of the molecule is NC(=O)c1cccc(C2C[C@H]3CC[C@@H](C2)N3CC(Cc2ccccc2)C(=O)O)c1. The topological polar surface area (TPSA) is 83.6 Å². The molecule has 2 saturated heterocycles. The summed E-state index contributed by atoms with van der Waals surface area (Å²) in [5, 5.41) is 9.80. The van der Waals surface area contributed by atoms with E-state index in [9.17, 15) is 14.7 Å². The Morgan fingerprint density at radius 1 is 1.03 bits per heavy atom. The van der Waals surface area contributed by atoms with Crippen molar-refractivity contribution in [1.82, 2.24) is 4.90 Å². The summed E-state index contributed by atoms with van der Waals surface area (Å²) in [5.41, 5.74) is 8.26. The van der Waals surface area contributed by atoms with Gasteiger partial charge in [0.15, 0.2) is 0 Å². The highest BCUT2D eigenvalue weighted by atomic mass is 16.4. The second kappa shape index (κ2) is 8.37. The summed E-state index contributed by atoms with van der Waals surface area (Å²) in [6.45, 7) is 0.605. The number of primary amides is 1. The van der Waals surface area contributed by atoms with Gasteiger partial charge in [0.2, 0.25) is 5.91 Å². The maximum Gasteiger partial charge on any atom is 0.308 e. The first-order valence-electron chi connectivity index (χ1n) is 10.4. The highest BCUT2D eigenvalue weighted by Gasteiger charge is 2.42. The molecule has 1 amide bonds. The molecule has 2 aliphatic heterocycles. The van der Waals surface area contributed by atoms with Crippen molar-refractivity contribution in [3.63, 3.8) is 0 Å². The molecule has 0 saturated carbocycles. The summed E-state index contributed by atoms with van der Waals surface area (Å²) in [4.78, 5) is 25.9. The van der Waals surface area contributed by atoms with Crippen LogP contribution in [0.4, 0.5) is 0 Å². The molecule has 29 heavy (non-hydrogen) atoms. The number of nitrogens with two attached hydrogens (primary N) is 1. The van der Waals surface area contributed by atoms with Crippen LogP contribution >= 0.6 is 0 Å². The Morgan fingerprint density at radius 3 is 2.34 bits per heavy atom. The molecule has 0 spiro atoms. The van der Waals surface area contributed by atoms with Gasteiger partial charge >= 0.3 is 5.97 Å². The van der Waals surface area contributed by atoms with Gasteiger partial charge in [-0.15, -0.1) is 0 Å². The summed E-state index contributed by atoms with van der Waals surface area (Å²) in [6.07, 6.45) is 4.83. The molecular weight excluding hydrogens is 364 g/mol. The Hall–Kier alpha value is -2.66. The van der Waals surface area contributed by atoms with E-state index in [-0.39, 0.29) is 0 Å². The summed E-state index contributed by atoms with van der Waals surface area (Å²) in [7, 11) is 0. The zero-order chi connectivity index (χ0) is 20.4. The van der Waals surface area contributed by atoms with Crippen LogP contribution in [0.5, 0.6) is 0 Å². The Morgan fingerprint density at radius 2 is 1.72 bits per heavy atom. The lowest BCUT2D eigenvalue weighted by molar-refractivity contribution is -0.142. The number of carboxylic acid groups (broad SMARTS) is 1. The molecule has 2 unspecified atom stereocenters. The number of rotatable bonds is 7. The monoisotopic (exact) mass is 392 g/mol. The number of benzene rings is 2. The van der Waals surface area contributed by atoms with Gasteiger partial charge in [-0.05, 0) is 61.3 Å². The number of hydrogen-bond acceptors (Lipinski definition) is 3. The molecule has 2 aromatic carbocycles. The van der Waals surface area contributed by atoms with E-state index in [1.165, 1.54) is 5.56 Å². The average Bonchev–Trinajstić information content (AvgIpc) is 2.95. The molecule has 152 valence electrons. The maximum atomic E-state index is 11.9. The summed E-state index contributed by atoms with van der Waals surface area (Å²) < 4.78 is 0. The summed E-state index contributed by atoms with van der Waals surface area (Å²) in [6, 6.07) is 18.4. The third kappa shape index (κ3) is 4.35. The van der Waals surface area contributed by atoms with E-state index < -0.39 is 17.8 Å². The molecular formula is C24H28N2O3. The first-order chi connectivity index (χ1) is 14.0. The fourth-order valence-electron chi connectivity index (χ4n) is 5.17. The van der Waals surface area contributed by atoms with Crippen molar-refractivity contribution in [1.29, 1.82) is 0 Å². The molecule has 5 heteroatoms. The predicted molar refractivity (Wildman–Crippen MR) is 112 cm³/mol. The van der Waals surface area contributed by atoms with Gasteiger partial charge in [-0.3, -0.25) is 14.5 Å². The molecule has 4 rings (SSSR count). The van der Waals surface area contributed by atoms with Crippen LogP contribution in [0, 0.1) is 5.92 Å². The van der Waals surface area contributed by atoms with Gasteiger partial charge in [0.05, 0.1) is 5.92 Å². The lowest BCUT2D eigenvalue weighted by atomic mass is 9.83. The number of aliphatic carboxylic acids is 1. The van der Waals surface area contributed by atoms with Gasteiger partial charge in [-0.25, -0.2) is 0 Å². The van der Waals surface area contributed by atoms with Crippen LogP contribution in [0.3, 0.4) is 0 Å². The molecule has 0 radical (unpaired) electrons. The van der Waals surface area contributed by atoms with E-state index in [2.05, 4.69) is 11.0 Å². The molecule has 4 atom stereocenters.